The maximum Gasteiger partial charge on any atom is 0.230 e. The molecule has 2 nitrogen and oxygen atoms in total. The van der Waals surface area contributed by atoms with Crippen LogP contribution in [0.25, 0.3) is 0 Å². The Bertz CT molecular complexity index is 714. The van der Waals surface area contributed by atoms with Crippen molar-refractivity contribution in [1.82, 2.24) is 5.32 Å². The summed E-state index contributed by atoms with van der Waals surface area (Å²) >= 11 is 0. The maximum atomic E-state index is 13.2. The lowest BCUT2D eigenvalue weighted by molar-refractivity contribution is -0.126. The van der Waals surface area contributed by atoms with E-state index in [-0.39, 0.29) is 11.3 Å². The van der Waals surface area contributed by atoms with Crippen LogP contribution >= 0.6 is 0 Å². The fourth-order valence-corrected chi connectivity index (χ4v) is 4.14. The highest BCUT2D eigenvalue weighted by molar-refractivity contribution is 5.88. The van der Waals surface area contributed by atoms with Crippen molar-refractivity contribution >= 4 is 5.91 Å². The van der Waals surface area contributed by atoms with E-state index in [4.69, 9.17) is 0 Å². The van der Waals surface area contributed by atoms with Gasteiger partial charge in [0.1, 0.15) is 0 Å². The number of nitrogens with one attached hydrogen (secondary N) is 1. The van der Waals surface area contributed by atoms with Crippen LogP contribution in [-0.4, -0.2) is 5.91 Å². The fourth-order valence-electron chi connectivity index (χ4n) is 4.14. The van der Waals surface area contributed by atoms with Gasteiger partial charge in [0, 0.05) is 6.54 Å². The Morgan fingerprint density at radius 3 is 2.32 bits per heavy atom. The molecule has 0 bridgehead atoms. The predicted octanol–water partition coefficient (Wildman–Crippen LogP) is 4.94. The van der Waals surface area contributed by atoms with Crippen molar-refractivity contribution in [2.24, 2.45) is 0 Å². The first kappa shape index (κ1) is 17.7. The van der Waals surface area contributed by atoms with E-state index in [9.17, 15) is 4.79 Å². The van der Waals surface area contributed by atoms with Gasteiger partial charge in [0.25, 0.3) is 0 Å². The lowest BCUT2D eigenvalue weighted by Crippen LogP contribution is -2.42. The van der Waals surface area contributed by atoms with E-state index in [0.29, 0.717) is 6.54 Å². The Morgan fingerprint density at radius 1 is 0.960 bits per heavy atom. The summed E-state index contributed by atoms with van der Waals surface area (Å²) in [6, 6.07) is 17.0. The van der Waals surface area contributed by atoms with E-state index in [0.717, 1.165) is 38.5 Å². The second kappa shape index (κ2) is 7.86. The van der Waals surface area contributed by atoms with E-state index in [1.54, 1.807) is 0 Å². The fraction of sp³-hybridized carbons (Fsp3) is 0.435. The minimum atomic E-state index is -0.337. The molecular formula is C23H29NO. The van der Waals surface area contributed by atoms with E-state index in [2.05, 4.69) is 49.5 Å². The van der Waals surface area contributed by atoms with E-state index >= 15 is 0 Å². The third-order valence-electron chi connectivity index (χ3n) is 5.72. The van der Waals surface area contributed by atoms with Crippen molar-refractivity contribution in [1.29, 1.82) is 0 Å². The van der Waals surface area contributed by atoms with Gasteiger partial charge in [0.2, 0.25) is 5.91 Å². The van der Waals surface area contributed by atoms with Gasteiger partial charge >= 0.3 is 0 Å². The second-order valence-corrected chi connectivity index (χ2v) is 7.15. The molecule has 25 heavy (non-hydrogen) atoms. The molecular weight excluding hydrogens is 306 g/mol. The summed E-state index contributed by atoms with van der Waals surface area (Å²) in [6.45, 7) is 4.98. The summed E-state index contributed by atoms with van der Waals surface area (Å²) in [4.78, 5) is 13.2. The molecule has 2 heteroatoms. The number of rotatable bonds is 6. The number of amides is 1. The largest absolute Gasteiger partial charge is 0.351 e. The van der Waals surface area contributed by atoms with E-state index < -0.39 is 0 Å². The average Bonchev–Trinajstić information content (AvgIpc) is 3.17. The molecule has 0 atom stereocenters. The highest BCUT2D eigenvalue weighted by atomic mass is 16.2. The summed E-state index contributed by atoms with van der Waals surface area (Å²) < 4.78 is 0. The number of carbonyl (C=O) groups excluding carboxylic acids is 1. The molecule has 1 aliphatic rings. The molecule has 0 saturated heterocycles. The minimum absolute atomic E-state index is 0.195. The molecule has 2 aromatic rings. The van der Waals surface area contributed by atoms with Crippen molar-refractivity contribution in [3.8, 4) is 0 Å². The lowest BCUT2D eigenvalue weighted by atomic mass is 9.78. The van der Waals surface area contributed by atoms with Crippen LogP contribution in [0.2, 0.25) is 0 Å². The Balaban J connectivity index is 1.79. The molecule has 1 amide bonds. The molecule has 132 valence electrons. The number of hydrogen-bond donors (Lipinski definition) is 1. The SMILES string of the molecule is CCc1ccc(CC)c(CNC(=O)C2(c3ccccc3)CCCC2)c1. The van der Waals surface area contributed by atoms with Gasteiger partial charge in [-0.3, -0.25) is 4.79 Å². The van der Waals surface area contributed by atoms with Gasteiger partial charge in [-0.15, -0.1) is 0 Å². The Hall–Kier alpha value is -2.09. The van der Waals surface area contributed by atoms with Crippen molar-refractivity contribution < 1.29 is 4.79 Å². The number of aryl methyl sites for hydroxylation is 2. The highest BCUT2D eigenvalue weighted by Gasteiger charge is 2.42. The first-order valence-corrected chi connectivity index (χ1v) is 9.64. The van der Waals surface area contributed by atoms with E-state index in [1.807, 2.05) is 18.2 Å². The number of hydrogen-bond acceptors (Lipinski definition) is 1. The Kier molecular flexibility index (Phi) is 5.57. The zero-order valence-electron chi connectivity index (χ0n) is 15.5. The normalized spacial score (nSPS) is 15.9. The second-order valence-electron chi connectivity index (χ2n) is 7.15. The molecule has 0 aliphatic heterocycles. The summed E-state index contributed by atoms with van der Waals surface area (Å²) in [6.07, 6.45) is 6.20. The maximum absolute atomic E-state index is 13.2. The van der Waals surface area contributed by atoms with Crippen LogP contribution in [0.3, 0.4) is 0 Å². The molecule has 0 radical (unpaired) electrons. The zero-order valence-corrected chi connectivity index (χ0v) is 15.5. The molecule has 2 aromatic carbocycles. The molecule has 1 N–H and O–H groups in total. The summed E-state index contributed by atoms with van der Waals surface area (Å²) in [5.41, 5.74) is 4.76. The minimum Gasteiger partial charge on any atom is -0.351 e. The summed E-state index contributed by atoms with van der Waals surface area (Å²) in [5, 5.41) is 3.27. The Labute approximate surface area is 151 Å². The zero-order chi connectivity index (χ0) is 17.7. The smallest absolute Gasteiger partial charge is 0.230 e. The predicted molar refractivity (Wildman–Crippen MR) is 104 cm³/mol. The van der Waals surface area contributed by atoms with Gasteiger partial charge in [-0.05, 0) is 47.9 Å². The lowest BCUT2D eigenvalue weighted by Gasteiger charge is -2.28. The van der Waals surface area contributed by atoms with Crippen molar-refractivity contribution in [3.05, 3.63) is 70.8 Å². The van der Waals surface area contributed by atoms with Gasteiger partial charge in [-0.1, -0.05) is 75.2 Å². The van der Waals surface area contributed by atoms with Crippen LogP contribution in [0.5, 0.6) is 0 Å². The molecule has 1 saturated carbocycles. The topological polar surface area (TPSA) is 29.1 Å². The molecule has 1 fully saturated rings. The molecule has 0 heterocycles. The van der Waals surface area contributed by atoms with Crippen molar-refractivity contribution in [2.45, 2.75) is 64.3 Å². The molecule has 0 aromatic heterocycles. The molecule has 0 spiro atoms. The molecule has 0 unspecified atom stereocenters. The quantitative estimate of drug-likeness (QED) is 0.796. The third kappa shape index (κ3) is 3.63. The number of carbonyl (C=O) groups is 1. The van der Waals surface area contributed by atoms with Crippen molar-refractivity contribution in [3.63, 3.8) is 0 Å². The standard InChI is InChI=1S/C23H29NO/c1-3-18-12-13-19(4-2)20(16-18)17-24-22(25)23(14-8-9-15-23)21-10-6-5-7-11-21/h5-7,10-13,16H,3-4,8-9,14-15,17H2,1-2H3,(H,24,25). The first-order valence-electron chi connectivity index (χ1n) is 9.64. The van der Waals surface area contributed by atoms with Gasteiger partial charge in [0.15, 0.2) is 0 Å². The van der Waals surface area contributed by atoms with E-state index in [1.165, 1.54) is 22.3 Å². The van der Waals surface area contributed by atoms with Gasteiger partial charge in [-0.25, -0.2) is 0 Å². The Morgan fingerprint density at radius 2 is 1.68 bits per heavy atom. The van der Waals surface area contributed by atoms with Crippen LogP contribution in [0.4, 0.5) is 0 Å². The third-order valence-corrected chi connectivity index (χ3v) is 5.72. The first-order chi connectivity index (χ1) is 12.2. The molecule has 3 rings (SSSR count). The van der Waals surface area contributed by atoms with Crippen molar-refractivity contribution in [2.75, 3.05) is 0 Å². The van der Waals surface area contributed by atoms with Gasteiger partial charge < -0.3 is 5.32 Å². The van der Waals surface area contributed by atoms with Crippen LogP contribution in [0, 0.1) is 0 Å². The summed E-state index contributed by atoms with van der Waals surface area (Å²) in [5.74, 6) is 0.195. The van der Waals surface area contributed by atoms with Gasteiger partial charge in [-0.2, -0.15) is 0 Å². The monoisotopic (exact) mass is 335 g/mol. The number of benzene rings is 2. The van der Waals surface area contributed by atoms with Crippen LogP contribution in [-0.2, 0) is 29.6 Å². The summed E-state index contributed by atoms with van der Waals surface area (Å²) in [7, 11) is 0. The highest BCUT2D eigenvalue weighted by Crippen LogP contribution is 2.41. The van der Waals surface area contributed by atoms with Crippen LogP contribution < -0.4 is 5.32 Å². The van der Waals surface area contributed by atoms with Crippen LogP contribution in [0.1, 0.15) is 61.8 Å². The molecule has 1 aliphatic carbocycles. The van der Waals surface area contributed by atoms with Crippen LogP contribution in [0.15, 0.2) is 48.5 Å². The average molecular weight is 335 g/mol. The van der Waals surface area contributed by atoms with Gasteiger partial charge in [0.05, 0.1) is 5.41 Å².